The van der Waals surface area contributed by atoms with E-state index in [-0.39, 0.29) is 0 Å². The summed E-state index contributed by atoms with van der Waals surface area (Å²) in [7, 11) is 1.84. The van der Waals surface area contributed by atoms with Crippen LogP contribution in [0.3, 0.4) is 0 Å². The average molecular weight is 566 g/mol. The molecule has 0 aromatic carbocycles. The number of allylic oxidation sites excluding steroid dienone is 4. The minimum atomic E-state index is -0.852. The van der Waals surface area contributed by atoms with Crippen molar-refractivity contribution in [1.29, 1.82) is 0 Å². The van der Waals surface area contributed by atoms with Crippen molar-refractivity contribution in [2.45, 2.75) is 72.9 Å². The standard InChI is InChI=1S/C27H39N7.C4H7F.C2H6/c1-5-7-21-18(2)31-17-24(21)22(10-11-28)26-32-19(3)25(23(16-29-4)20-8-6-9-20)27(33-26)34-14-12-30-13-15-34;1-3-4(2)5;1-2/h10-11,16,20,30-31H,3,5-9,12-15,17,28H2,1-2,4H3;3-4H,1H2,2H3;1-2H3/b11-10-,24-22-,25-23-,29-16?;;. The number of aliphatic imine (C=N–C) groups is 1. The molecule has 1 saturated carbocycles. The predicted molar refractivity (Wildman–Crippen MR) is 175 cm³/mol. The molecule has 1 aromatic heterocycles. The molecule has 226 valence electrons. The molecule has 2 aliphatic heterocycles. The summed E-state index contributed by atoms with van der Waals surface area (Å²) in [5.41, 5.74) is 11.9. The lowest BCUT2D eigenvalue weighted by atomic mass is 9.79. The molecule has 1 aromatic rings. The highest BCUT2D eigenvalue weighted by atomic mass is 19.1. The number of anilines is 1. The van der Waals surface area contributed by atoms with Crippen LogP contribution in [0.4, 0.5) is 10.2 Å². The molecule has 41 heavy (non-hydrogen) atoms. The van der Waals surface area contributed by atoms with Crippen molar-refractivity contribution in [2.75, 3.05) is 44.7 Å². The van der Waals surface area contributed by atoms with Crippen LogP contribution in [0.1, 0.15) is 72.5 Å². The van der Waals surface area contributed by atoms with Gasteiger partial charge in [0.05, 0.1) is 5.35 Å². The lowest BCUT2D eigenvalue weighted by Gasteiger charge is -2.31. The molecule has 3 heterocycles. The third-order valence-electron chi connectivity index (χ3n) is 7.48. The second kappa shape index (κ2) is 17.5. The van der Waals surface area contributed by atoms with Crippen LogP contribution < -0.4 is 31.8 Å². The molecule has 1 atom stereocenters. The van der Waals surface area contributed by atoms with E-state index >= 15 is 0 Å². The van der Waals surface area contributed by atoms with E-state index in [0.717, 1.165) is 67.5 Å². The molecular weight excluding hydrogens is 513 g/mol. The Hall–Kier alpha value is -3.26. The van der Waals surface area contributed by atoms with Crippen LogP contribution in [0.2, 0.25) is 0 Å². The minimum Gasteiger partial charge on any atom is -0.405 e. The highest BCUT2D eigenvalue weighted by Crippen LogP contribution is 2.33. The second-order valence-electron chi connectivity index (χ2n) is 10.3. The van der Waals surface area contributed by atoms with Gasteiger partial charge >= 0.3 is 0 Å². The van der Waals surface area contributed by atoms with Crippen LogP contribution in [0.5, 0.6) is 0 Å². The van der Waals surface area contributed by atoms with Crippen LogP contribution in [0.25, 0.3) is 17.7 Å². The molecule has 3 aliphatic rings. The topological polar surface area (TPSA) is 91.5 Å². The van der Waals surface area contributed by atoms with Gasteiger partial charge in [0.1, 0.15) is 12.0 Å². The molecule has 0 spiro atoms. The SMILES string of the molecule is C=CC(C)F.C=c1nc(C(/C=C\N)=C2/CNC(C)=C2CCC)nc(N2CCNCC2)/c1=C(/C=NC)C1CCC1.CC. The van der Waals surface area contributed by atoms with Gasteiger partial charge < -0.3 is 21.3 Å². The quantitative estimate of drug-likeness (QED) is 0.320. The van der Waals surface area contributed by atoms with Crippen LogP contribution in [0.15, 0.2) is 46.8 Å². The van der Waals surface area contributed by atoms with E-state index in [4.69, 9.17) is 15.7 Å². The second-order valence-corrected chi connectivity index (χ2v) is 10.3. The number of hydrogen-bond donors (Lipinski definition) is 3. The zero-order chi connectivity index (χ0) is 30.4. The van der Waals surface area contributed by atoms with E-state index in [1.54, 1.807) is 6.20 Å². The van der Waals surface area contributed by atoms with Gasteiger partial charge in [-0.2, -0.15) is 0 Å². The minimum absolute atomic E-state index is 0.503. The summed E-state index contributed by atoms with van der Waals surface area (Å²) in [4.78, 5) is 17.0. The maximum atomic E-state index is 11.3. The van der Waals surface area contributed by atoms with Gasteiger partial charge in [0.15, 0.2) is 5.82 Å². The number of nitrogens with one attached hydrogen (secondary N) is 2. The Morgan fingerprint density at radius 3 is 2.41 bits per heavy atom. The number of nitrogens with two attached hydrogens (primary N) is 1. The van der Waals surface area contributed by atoms with E-state index in [2.05, 4.69) is 47.5 Å². The Labute approximate surface area is 247 Å². The number of piperazine rings is 1. The van der Waals surface area contributed by atoms with Crippen LogP contribution in [0, 0.1) is 5.92 Å². The summed E-state index contributed by atoms with van der Waals surface area (Å²) in [5.74, 6) is 2.18. The molecule has 1 saturated heterocycles. The molecule has 7 nitrogen and oxygen atoms in total. The van der Waals surface area contributed by atoms with Crippen LogP contribution in [-0.4, -0.2) is 62.1 Å². The van der Waals surface area contributed by atoms with Gasteiger partial charge in [-0.3, -0.25) is 4.99 Å². The molecule has 4 rings (SSSR count). The van der Waals surface area contributed by atoms with Crippen molar-refractivity contribution >= 4 is 29.8 Å². The summed E-state index contributed by atoms with van der Waals surface area (Å²) in [6.07, 6.45) is 11.7. The molecule has 2 fully saturated rings. The Kier molecular flexibility index (Phi) is 14.5. The smallest absolute Gasteiger partial charge is 0.162 e. The maximum Gasteiger partial charge on any atom is 0.162 e. The summed E-state index contributed by atoms with van der Waals surface area (Å²) < 4.78 is 11.3. The maximum absolute atomic E-state index is 11.3. The van der Waals surface area contributed by atoms with Gasteiger partial charge in [0, 0.05) is 62.5 Å². The zero-order valence-corrected chi connectivity index (χ0v) is 26.2. The van der Waals surface area contributed by atoms with Crippen molar-refractivity contribution in [2.24, 2.45) is 16.6 Å². The highest BCUT2D eigenvalue weighted by Gasteiger charge is 2.26. The van der Waals surface area contributed by atoms with E-state index in [1.807, 2.05) is 33.2 Å². The first-order chi connectivity index (χ1) is 19.9. The summed E-state index contributed by atoms with van der Waals surface area (Å²) in [5, 5.41) is 8.81. The van der Waals surface area contributed by atoms with E-state index < -0.39 is 6.17 Å². The van der Waals surface area contributed by atoms with Gasteiger partial charge in [-0.25, -0.2) is 14.4 Å². The Bertz CT molecular complexity index is 1230. The fourth-order valence-corrected chi connectivity index (χ4v) is 5.16. The lowest BCUT2D eigenvalue weighted by Crippen LogP contribution is -2.49. The molecular formula is C33H52FN7. The van der Waals surface area contributed by atoms with Gasteiger partial charge in [0.25, 0.3) is 0 Å². The van der Waals surface area contributed by atoms with E-state index in [1.165, 1.54) is 54.7 Å². The normalized spacial score (nSPS) is 20.0. The first kappa shape index (κ1) is 33.9. The molecule has 1 unspecified atom stereocenters. The van der Waals surface area contributed by atoms with Gasteiger partial charge in [-0.15, -0.1) is 6.58 Å². The fraction of sp³-hybridized carbons (Fsp3) is 0.545. The average Bonchev–Trinajstić information content (AvgIpc) is 3.31. The molecule has 0 bridgehead atoms. The lowest BCUT2D eigenvalue weighted by molar-refractivity contribution is 0.403. The van der Waals surface area contributed by atoms with Gasteiger partial charge in [-0.05, 0) is 68.0 Å². The zero-order valence-electron chi connectivity index (χ0n) is 26.2. The van der Waals surface area contributed by atoms with Crippen molar-refractivity contribution in [3.63, 3.8) is 0 Å². The Morgan fingerprint density at radius 1 is 1.24 bits per heavy atom. The van der Waals surface area contributed by atoms with Crippen molar-refractivity contribution in [1.82, 2.24) is 20.6 Å². The summed E-state index contributed by atoms with van der Waals surface area (Å²) >= 11 is 0. The van der Waals surface area contributed by atoms with E-state index in [9.17, 15) is 4.39 Å². The molecule has 0 amide bonds. The number of hydrogen-bond acceptors (Lipinski definition) is 7. The molecule has 0 radical (unpaired) electrons. The largest absolute Gasteiger partial charge is 0.405 e. The van der Waals surface area contributed by atoms with E-state index in [0.29, 0.717) is 11.7 Å². The fourth-order valence-electron chi connectivity index (χ4n) is 5.16. The number of halogens is 1. The van der Waals surface area contributed by atoms with Crippen LogP contribution >= 0.6 is 0 Å². The third-order valence-corrected chi connectivity index (χ3v) is 7.48. The number of alkyl halides is 1. The first-order valence-electron chi connectivity index (χ1n) is 15.2. The first-order valence-corrected chi connectivity index (χ1v) is 15.2. The van der Waals surface area contributed by atoms with Crippen molar-refractivity contribution in [3.05, 3.63) is 58.2 Å². The molecule has 4 N–H and O–H groups in total. The monoisotopic (exact) mass is 565 g/mol. The van der Waals surface area contributed by atoms with Gasteiger partial charge in [0.2, 0.25) is 0 Å². The molecule has 8 heteroatoms. The Balaban J connectivity index is 0.000000759. The van der Waals surface area contributed by atoms with Gasteiger partial charge in [-0.1, -0.05) is 46.3 Å². The third kappa shape index (κ3) is 8.86. The van der Waals surface area contributed by atoms with Crippen molar-refractivity contribution in [3.8, 4) is 0 Å². The van der Waals surface area contributed by atoms with Crippen LogP contribution in [-0.2, 0) is 0 Å². The number of nitrogens with zero attached hydrogens (tertiary/aromatic N) is 4. The summed E-state index contributed by atoms with van der Waals surface area (Å²) in [6.45, 7) is 21.9. The number of rotatable bonds is 8. The Morgan fingerprint density at radius 2 is 1.90 bits per heavy atom. The highest BCUT2D eigenvalue weighted by molar-refractivity contribution is 6.03. The summed E-state index contributed by atoms with van der Waals surface area (Å²) in [6, 6.07) is 0. The molecule has 1 aliphatic carbocycles. The predicted octanol–water partition coefficient (Wildman–Crippen LogP) is 4.41. The van der Waals surface area contributed by atoms with Crippen molar-refractivity contribution < 1.29 is 4.39 Å². The number of aromatic nitrogens is 2.